The van der Waals surface area contributed by atoms with Crippen LogP contribution in [-0.2, 0) is 4.79 Å². The van der Waals surface area contributed by atoms with Gasteiger partial charge in [-0.1, -0.05) is 0 Å². The number of imidazole rings is 1. The van der Waals surface area contributed by atoms with Crippen molar-refractivity contribution < 1.29 is 4.79 Å². The number of fused-ring (bicyclic) bond motifs is 1. The second-order valence-electron chi connectivity index (χ2n) is 3.40. The van der Waals surface area contributed by atoms with E-state index in [2.05, 4.69) is 9.97 Å². The summed E-state index contributed by atoms with van der Waals surface area (Å²) in [5.74, 6) is 0.198. The Balaban J connectivity index is 2.09. The van der Waals surface area contributed by atoms with E-state index in [0.29, 0.717) is 6.42 Å². The highest BCUT2D eigenvalue weighted by Gasteiger charge is 2.25. The fourth-order valence-corrected chi connectivity index (χ4v) is 1.68. The Morgan fingerprint density at radius 3 is 3.07 bits per heavy atom. The summed E-state index contributed by atoms with van der Waals surface area (Å²) in [7, 11) is 0. The molecule has 4 nitrogen and oxygen atoms in total. The molecule has 2 aromatic rings. The summed E-state index contributed by atoms with van der Waals surface area (Å²) in [6.45, 7) is 0.832. The van der Waals surface area contributed by atoms with Gasteiger partial charge in [-0.2, -0.15) is 0 Å². The Labute approximate surface area is 80.6 Å². The number of hydrogen-bond donors (Lipinski definition) is 1. The number of hydrogen-bond acceptors (Lipinski definition) is 2. The fourth-order valence-electron chi connectivity index (χ4n) is 1.68. The zero-order chi connectivity index (χ0) is 9.54. The standard InChI is InChI=1S/C10H9N3O/c14-10-3-4-13(10)7-1-2-8-9(5-7)12-6-11-8/h1-2,5-6H,3-4H2,(H,11,12). The Morgan fingerprint density at radius 2 is 2.36 bits per heavy atom. The summed E-state index contributed by atoms with van der Waals surface area (Å²) in [6, 6.07) is 5.81. The molecule has 70 valence electrons. The van der Waals surface area contributed by atoms with Crippen molar-refractivity contribution in [3.05, 3.63) is 24.5 Å². The molecule has 1 saturated heterocycles. The summed E-state index contributed by atoms with van der Waals surface area (Å²) in [5, 5.41) is 0. The summed E-state index contributed by atoms with van der Waals surface area (Å²) in [5.41, 5.74) is 2.86. The third-order valence-electron chi connectivity index (χ3n) is 2.57. The predicted molar refractivity (Wildman–Crippen MR) is 53.1 cm³/mol. The summed E-state index contributed by atoms with van der Waals surface area (Å²) < 4.78 is 0. The van der Waals surface area contributed by atoms with Crippen molar-refractivity contribution in [3.63, 3.8) is 0 Å². The molecule has 0 spiro atoms. The third kappa shape index (κ3) is 0.937. The summed E-state index contributed by atoms with van der Waals surface area (Å²) in [6.07, 6.45) is 2.33. The molecule has 1 N–H and O–H groups in total. The van der Waals surface area contributed by atoms with Gasteiger partial charge in [0.05, 0.1) is 17.4 Å². The van der Waals surface area contributed by atoms with Crippen LogP contribution in [0.3, 0.4) is 0 Å². The predicted octanol–water partition coefficient (Wildman–Crippen LogP) is 1.30. The number of aromatic nitrogens is 2. The number of benzene rings is 1. The zero-order valence-corrected chi connectivity index (χ0v) is 7.53. The van der Waals surface area contributed by atoms with E-state index in [-0.39, 0.29) is 5.91 Å². The molecule has 1 aliphatic rings. The van der Waals surface area contributed by atoms with Gasteiger partial charge in [-0.05, 0) is 18.2 Å². The second-order valence-corrected chi connectivity index (χ2v) is 3.40. The number of rotatable bonds is 1. The highest BCUT2D eigenvalue weighted by Crippen LogP contribution is 2.24. The highest BCUT2D eigenvalue weighted by molar-refractivity contribution is 6.00. The van der Waals surface area contributed by atoms with Gasteiger partial charge >= 0.3 is 0 Å². The average molecular weight is 187 g/mol. The average Bonchev–Trinajstić information content (AvgIpc) is 2.62. The fraction of sp³-hybridized carbons (Fsp3) is 0.200. The van der Waals surface area contributed by atoms with E-state index in [1.54, 1.807) is 11.2 Å². The first-order chi connectivity index (χ1) is 6.84. The molecular weight excluding hydrogens is 178 g/mol. The van der Waals surface area contributed by atoms with Crippen LogP contribution in [0.2, 0.25) is 0 Å². The van der Waals surface area contributed by atoms with Gasteiger partial charge in [-0.25, -0.2) is 4.98 Å². The van der Waals surface area contributed by atoms with Crippen LogP contribution in [0.1, 0.15) is 6.42 Å². The van der Waals surface area contributed by atoms with Crippen LogP contribution < -0.4 is 4.90 Å². The minimum absolute atomic E-state index is 0.198. The quantitative estimate of drug-likeness (QED) is 0.684. The Kier molecular flexibility index (Phi) is 1.39. The van der Waals surface area contributed by atoms with E-state index in [1.165, 1.54) is 0 Å². The van der Waals surface area contributed by atoms with Crippen molar-refractivity contribution >= 4 is 22.6 Å². The number of anilines is 1. The number of H-pyrrole nitrogens is 1. The maximum absolute atomic E-state index is 11.2. The first-order valence-corrected chi connectivity index (χ1v) is 4.58. The van der Waals surface area contributed by atoms with Crippen LogP contribution in [0.15, 0.2) is 24.5 Å². The number of β-lactam (4-membered cyclic amide) rings is 1. The first-order valence-electron chi connectivity index (χ1n) is 4.58. The van der Waals surface area contributed by atoms with Crippen molar-refractivity contribution in [2.24, 2.45) is 0 Å². The number of carbonyl (C=O) groups excluding carboxylic acids is 1. The number of aromatic amines is 1. The van der Waals surface area contributed by atoms with E-state index < -0.39 is 0 Å². The number of amides is 1. The molecule has 2 heterocycles. The van der Waals surface area contributed by atoms with Crippen molar-refractivity contribution in [2.75, 3.05) is 11.4 Å². The van der Waals surface area contributed by atoms with Gasteiger partial charge in [-0.15, -0.1) is 0 Å². The molecule has 1 fully saturated rings. The summed E-state index contributed by atoms with van der Waals surface area (Å²) >= 11 is 0. The molecule has 1 aliphatic heterocycles. The van der Waals surface area contributed by atoms with Crippen molar-refractivity contribution in [1.82, 2.24) is 9.97 Å². The Morgan fingerprint density at radius 1 is 1.43 bits per heavy atom. The molecular formula is C10H9N3O. The topological polar surface area (TPSA) is 49.0 Å². The minimum atomic E-state index is 0.198. The van der Waals surface area contributed by atoms with Crippen LogP contribution in [0, 0.1) is 0 Å². The van der Waals surface area contributed by atoms with Crippen LogP contribution in [0.5, 0.6) is 0 Å². The van der Waals surface area contributed by atoms with Gasteiger partial charge in [-0.3, -0.25) is 4.79 Å². The molecule has 0 atom stereocenters. The monoisotopic (exact) mass is 187 g/mol. The molecule has 1 aromatic carbocycles. The maximum Gasteiger partial charge on any atom is 0.228 e. The van der Waals surface area contributed by atoms with Gasteiger partial charge in [0.25, 0.3) is 0 Å². The second kappa shape index (κ2) is 2.57. The number of nitrogens with zero attached hydrogens (tertiary/aromatic N) is 2. The normalized spacial score (nSPS) is 16.0. The molecule has 0 bridgehead atoms. The van der Waals surface area contributed by atoms with Crippen molar-refractivity contribution in [2.45, 2.75) is 6.42 Å². The van der Waals surface area contributed by atoms with Crippen molar-refractivity contribution in [3.8, 4) is 0 Å². The van der Waals surface area contributed by atoms with Gasteiger partial charge in [0.2, 0.25) is 5.91 Å². The lowest BCUT2D eigenvalue weighted by Crippen LogP contribution is -2.43. The van der Waals surface area contributed by atoms with E-state index in [9.17, 15) is 4.79 Å². The molecule has 1 amide bonds. The SMILES string of the molecule is O=C1CCN1c1ccc2nc[nH]c2c1. The molecule has 3 rings (SSSR count). The molecule has 4 heteroatoms. The summed E-state index contributed by atoms with van der Waals surface area (Å²) in [4.78, 5) is 20.1. The van der Waals surface area contributed by atoms with Gasteiger partial charge in [0.15, 0.2) is 0 Å². The molecule has 14 heavy (non-hydrogen) atoms. The van der Waals surface area contributed by atoms with Crippen LogP contribution in [0.25, 0.3) is 11.0 Å². The number of nitrogens with one attached hydrogen (secondary N) is 1. The molecule has 0 unspecified atom stereocenters. The smallest absolute Gasteiger partial charge is 0.228 e. The third-order valence-corrected chi connectivity index (χ3v) is 2.57. The van der Waals surface area contributed by atoms with Crippen molar-refractivity contribution in [1.29, 1.82) is 0 Å². The van der Waals surface area contributed by atoms with E-state index >= 15 is 0 Å². The van der Waals surface area contributed by atoms with Crippen LogP contribution >= 0.6 is 0 Å². The van der Waals surface area contributed by atoms with E-state index in [1.807, 2.05) is 18.2 Å². The van der Waals surface area contributed by atoms with E-state index in [4.69, 9.17) is 0 Å². The van der Waals surface area contributed by atoms with Gasteiger partial charge < -0.3 is 9.88 Å². The van der Waals surface area contributed by atoms with E-state index in [0.717, 1.165) is 23.3 Å². The highest BCUT2D eigenvalue weighted by atomic mass is 16.2. The molecule has 0 radical (unpaired) electrons. The molecule has 0 aliphatic carbocycles. The Hall–Kier alpha value is -1.84. The Bertz CT molecular complexity index is 503. The number of carbonyl (C=O) groups is 1. The lowest BCUT2D eigenvalue weighted by Gasteiger charge is -2.30. The maximum atomic E-state index is 11.2. The lowest BCUT2D eigenvalue weighted by molar-refractivity contribution is -0.122. The lowest BCUT2D eigenvalue weighted by atomic mass is 10.1. The minimum Gasteiger partial charge on any atom is -0.345 e. The van der Waals surface area contributed by atoms with Crippen LogP contribution in [0.4, 0.5) is 5.69 Å². The largest absolute Gasteiger partial charge is 0.345 e. The molecule has 0 saturated carbocycles. The van der Waals surface area contributed by atoms with Gasteiger partial charge in [0, 0.05) is 18.7 Å². The first kappa shape index (κ1) is 7.55. The van der Waals surface area contributed by atoms with Gasteiger partial charge in [0.1, 0.15) is 0 Å². The zero-order valence-electron chi connectivity index (χ0n) is 7.53. The van der Waals surface area contributed by atoms with Crippen LogP contribution in [-0.4, -0.2) is 22.4 Å². The molecule has 1 aromatic heterocycles.